The summed E-state index contributed by atoms with van der Waals surface area (Å²) in [7, 11) is 0.0469. The van der Waals surface area contributed by atoms with E-state index in [1.165, 1.54) is 9.21 Å². The van der Waals surface area contributed by atoms with Crippen LogP contribution in [0.4, 0.5) is 0 Å². The number of ether oxygens (including phenoxy) is 2. The lowest BCUT2D eigenvalue weighted by atomic mass is 10.2. The molecule has 0 saturated carbocycles. The molecule has 2 fully saturated rings. The molecule has 0 aromatic heterocycles. The molecule has 31 heavy (non-hydrogen) atoms. The minimum atomic E-state index is -3.35. The number of likely N-dealkylation sites (N-methyl/N-ethyl adjacent to an activating group) is 1. The standard InChI is InChI=1S/C19H37N5O5S.HI/c1-16(2)28-12-13-30(26,27)24-9-7-23(8-10-24)19(21-15-18(25)22(3)4)20-14-17-6-5-11-29-17;/h16-17H,5-15H2,1-4H3,(H,20,21);1H. The van der Waals surface area contributed by atoms with E-state index < -0.39 is 10.0 Å². The number of nitrogens with zero attached hydrogens (tertiary/aromatic N) is 4. The smallest absolute Gasteiger partial charge is 0.243 e. The second kappa shape index (κ2) is 13.8. The maximum atomic E-state index is 12.5. The topological polar surface area (TPSA) is 104 Å². The number of carbonyl (C=O) groups is 1. The maximum Gasteiger partial charge on any atom is 0.243 e. The molecule has 182 valence electrons. The van der Waals surface area contributed by atoms with Crippen molar-refractivity contribution in [3.8, 4) is 0 Å². The zero-order chi connectivity index (χ0) is 22.1. The van der Waals surface area contributed by atoms with Crippen molar-refractivity contribution in [3.05, 3.63) is 0 Å². The van der Waals surface area contributed by atoms with E-state index in [4.69, 9.17) is 9.47 Å². The lowest BCUT2D eigenvalue weighted by molar-refractivity contribution is -0.127. The number of piperazine rings is 1. The number of halogens is 1. The van der Waals surface area contributed by atoms with Gasteiger partial charge in [0.15, 0.2) is 5.96 Å². The highest BCUT2D eigenvalue weighted by Crippen LogP contribution is 2.12. The van der Waals surface area contributed by atoms with E-state index in [0.29, 0.717) is 38.7 Å². The molecular weight excluding hydrogens is 537 g/mol. The zero-order valence-corrected chi connectivity index (χ0v) is 22.2. The van der Waals surface area contributed by atoms with E-state index in [1.807, 2.05) is 18.7 Å². The first-order chi connectivity index (χ1) is 14.2. The fourth-order valence-corrected chi connectivity index (χ4v) is 4.54. The Morgan fingerprint density at radius 2 is 1.94 bits per heavy atom. The Morgan fingerprint density at radius 3 is 2.48 bits per heavy atom. The summed E-state index contributed by atoms with van der Waals surface area (Å²) in [5, 5.41) is 3.32. The van der Waals surface area contributed by atoms with Crippen molar-refractivity contribution in [2.45, 2.75) is 38.9 Å². The number of nitrogens with one attached hydrogen (secondary N) is 1. The number of carbonyl (C=O) groups excluding carboxylic acids is 1. The fraction of sp³-hybridized carbons (Fsp3) is 0.895. The molecule has 1 N–H and O–H groups in total. The average molecular weight is 576 g/mol. The fourth-order valence-electron chi connectivity index (χ4n) is 3.26. The van der Waals surface area contributed by atoms with Gasteiger partial charge in [-0.1, -0.05) is 0 Å². The van der Waals surface area contributed by atoms with Crippen molar-refractivity contribution in [2.75, 3.05) is 72.3 Å². The molecular formula is C19H38IN5O5S. The number of hydrogen-bond acceptors (Lipinski definition) is 6. The molecule has 0 aromatic rings. The molecule has 1 atom stereocenters. The third-order valence-electron chi connectivity index (χ3n) is 5.10. The Bertz CT molecular complexity index is 675. The van der Waals surface area contributed by atoms with Crippen LogP contribution in [0.2, 0.25) is 0 Å². The average Bonchev–Trinajstić information content (AvgIpc) is 3.21. The zero-order valence-electron chi connectivity index (χ0n) is 19.1. The number of hydrogen-bond donors (Lipinski definition) is 1. The Hall–Kier alpha value is -0.700. The van der Waals surface area contributed by atoms with Crippen molar-refractivity contribution in [2.24, 2.45) is 4.99 Å². The highest BCUT2D eigenvalue weighted by atomic mass is 127. The van der Waals surface area contributed by atoms with Crippen molar-refractivity contribution < 1.29 is 22.7 Å². The molecule has 0 bridgehead atoms. The molecule has 1 unspecified atom stereocenters. The first kappa shape index (κ1) is 28.3. The number of rotatable bonds is 9. The molecule has 0 aromatic carbocycles. The van der Waals surface area contributed by atoms with Crippen molar-refractivity contribution >= 4 is 45.9 Å². The van der Waals surface area contributed by atoms with E-state index in [-0.39, 0.29) is 61.0 Å². The van der Waals surface area contributed by atoms with Crippen molar-refractivity contribution in [1.29, 1.82) is 0 Å². The van der Waals surface area contributed by atoms with Crippen LogP contribution in [0.3, 0.4) is 0 Å². The summed E-state index contributed by atoms with van der Waals surface area (Å²) in [5.41, 5.74) is 0. The molecule has 0 radical (unpaired) electrons. The van der Waals surface area contributed by atoms with Gasteiger partial charge in [0, 0.05) is 53.4 Å². The predicted molar refractivity (Wildman–Crippen MR) is 131 cm³/mol. The summed E-state index contributed by atoms with van der Waals surface area (Å²) in [4.78, 5) is 20.0. The van der Waals surface area contributed by atoms with Gasteiger partial charge >= 0.3 is 0 Å². The SMILES string of the molecule is CC(C)OCCS(=O)(=O)N1CCN(C(=NCC(=O)N(C)C)NCC2CCCO2)CC1.I. The van der Waals surface area contributed by atoms with Gasteiger partial charge in [0.1, 0.15) is 6.54 Å². The Kier molecular flexibility index (Phi) is 12.6. The Balaban J connectivity index is 0.00000480. The van der Waals surface area contributed by atoms with Crippen LogP contribution in [0.1, 0.15) is 26.7 Å². The second-order valence-corrected chi connectivity index (χ2v) is 10.2. The van der Waals surface area contributed by atoms with Gasteiger partial charge in [0.05, 0.1) is 24.6 Å². The molecule has 10 nitrogen and oxygen atoms in total. The summed E-state index contributed by atoms with van der Waals surface area (Å²) in [6, 6.07) is 0. The van der Waals surface area contributed by atoms with Crippen LogP contribution in [-0.2, 0) is 24.3 Å². The highest BCUT2D eigenvalue weighted by Gasteiger charge is 2.28. The maximum absolute atomic E-state index is 12.5. The van der Waals surface area contributed by atoms with Crippen LogP contribution in [-0.4, -0.2) is 119 Å². The quantitative estimate of drug-likeness (QED) is 0.238. The lowest BCUT2D eigenvalue weighted by Crippen LogP contribution is -2.55. The molecule has 2 rings (SSSR count). The third-order valence-corrected chi connectivity index (χ3v) is 6.93. The van der Waals surface area contributed by atoms with E-state index in [2.05, 4.69) is 10.3 Å². The van der Waals surface area contributed by atoms with Gasteiger partial charge in [0.25, 0.3) is 0 Å². The number of sulfonamides is 1. The van der Waals surface area contributed by atoms with Crippen LogP contribution < -0.4 is 5.32 Å². The molecule has 2 aliphatic heterocycles. The normalized spacial score (nSPS) is 20.6. The lowest BCUT2D eigenvalue weighted by Gasteiger charge is -2.36. The summed E-state index contributed by atoms with van der Waals surface area (Å²) < 4.78 is 37.7. The number of amides is 1. The van der Waals surface area contributed by atoms with Crippen LogP contribution in [0, 0.1) is 0 Å². The van der Waals surface area contributed by atoms with Gasteiger partial charge < -0.3 is 24.6 Å². The van der Waals surface area contributed by atoms with Gasteiger partial charge in [-0.05, 0) is 26.7 Å². The van der Waals surface area contributed by atoms with Gasteiger partial charge in [0.2, 0.25) is 15.9 Å². The molecule has 2 heterocycles. The van der Waals surface area contributed by atoms with Crippen LogP contribution in [0.5, 0.6) is 0 Å². The van der Waals surface area contributed by atoms with E-state index in [1.54, 1.807) is 14.1 Å². The van der Waals surface area contributed by atoms with Crippen LogP contribution in [0.15, 0.2) is 4.99 Å². The molecule has 2 aliphatic rings. The number of aliphatic imine (C=N–C) groups is 1. The number of guanidine groups is 1. The molecule has 0 aliphatic carbocycles. The Labute approximate surface area is 203 Å². The minimum absolute atomic E-state index is 0. The van der Waals surface area contributed by atoms with E-state index in [0.717, 1.165) is 19.4 Å². The van der Waals surface area contributed by atoms with Gasteiger partial charge in [-0.25, -0.2) is 13.4 Å². The van der Waals surface area contributed by atoms with Gasteiger partial charge in [-0.15, -0.1) is 24.0 Å². The highest BCUT2D eigenvalue weighted by molar-refractivity contribution is 14.0. The first-order valence-electron chi connectivity index (χ1n) is 10.6. The molecule has 2 saturated heterocycles. The molecule has 0 spiro atoms. The van der Waals surface area contributed by atoms with Crippen LogP contribution >= 0.6 is 24.0 Å². The predicted octanol–water partition coefficient (Wildman–Crippen LogP) is 0.190. The van der Waals surface area contributed by atoms with Crippen molar-refractivity contribution in [3.63, 3.8) is 0 Å². The van der Waals surface area contributed by atoms with Crippen LogP contribution in [0.25, 0.3) is 0 Å². The second-order valence-electron chi connectivity index (χ2n) is 8.07. The van der Waals surface area contributed by atoms with Gasteiger partial charge in [-0.2, -0.15) is 4.31 Å². The summed E-state index contributed by atoms with van der Waals surface area (Å²) in [6.45, 7) is 7.20. The summed E-state index contributed by atoms with van der Waals surface area (Å²) in [5.74, 6) is 0.527. The summed E-state index contributed by atoms with van der Waals surface area (Å²) >= 11 is 0. The van der Waals surface area contributed by atoms with E-state index >= 15 is 0 Å². The Morgan fingerprint density at radius 1 is 1.26 bits per heavy atom. The van der Waals surface area contributed by atoms with E-state index in [9.17, 15) is 13.2 Å². The summed E-state index contributed by atoms with van der Waals surface area (Å²) in [6.07, 6.45) is 2.20. The minimum Gasteiger partial charge on any atom is -0.378 e. The van der Waals surface area contributed by atoms with Crippen molar-refractivity contribution in [1.82, 2.24) is 19.4 Å². The molecule has 12 heteroatoms. The van der Waals surface area contributed by atoms with Gasteiger partial charge in [-0.3, -0.25) is 4.79 Å². The molecule has 1 amide bonds. The monoisotopic (exact) mass is 575 g/mol. The third kappa shape index (κ3) is 9.76. The first-order valence-corrected chi connectivity index (χ1v) is 12.2. The largest absolute Gasteiger partial charge is 0.378 e.